The van der Waals surface area contributed by atoms with Crippen LogP contribution in [0.25, 0.3) is 0 Å². The topological polar surface area (TPSA) is 0 Å². The third-order valence-electron chi connectivity index (χ3n) is 2.96. The molecule has 0 spiro atoms. The molecule has 0 aliphatic carbocycles. The van der Waals surface area contributed by atoms with Gasteiger partial charge in [-0.05, 0) is 60.2 Å². The summed E-state index contributed by atoms with van der Waals surface area (Å²) in [5.41, 5.74) is 0. The molecule has 0 heterocycles. The second kappa shape index (κ2) is 18.8. The third-order valence-corrected chi connectivity index (χ3v) is 8.34. The highest BCUT2D eigenvalue weighted by Crippen LogP contribution is 2.24. The predicted octanol–water partition coefficient (Wildman–Crippen LogP) is 5.20. The monoisotopic (exact) mass is 422 g/mol. The minimum absolute atomic E-state index is 0.772. The van der Waals surface area contributed by atoms with Crippen LogP contribution in [0.1, 0.15) is 25.7 Å². The lowest BCUT2D eigenvalue weighted by molar-refractivity contribution is 0.797. The Kier molecular flexibility index (Phi) is 21.0. The van der Waals surface area contributed by atoms with E-state index in [9.17, 15) is 0 Å². The molecule has 0 radical (unpaired) electrons. The van der Waals surface area contributed by atoms with E-state index in [4.69, 9.17) is 0 Å². The molecular weight excluding hydrogens is 393 g/mol. The van der Waals surface area contributed by atoms with Gasteiger partial charge in [0.2, 0.25) is 0 Å². The zero-order valence-corrected chi connectivity index (χ0v) is 18.7. The third kappa shape index (κ3) is 15.7. The van der Waals surface area contributed by atoms with E-state index in [1.807, 2.05) is 0 Å². The van der Waals surface area contributed by atoms with Gasteiger partial charge in [0.05, 0.1) is 0 Å². The highest BCUT2D eigenvalue weighted by Gasteiger charge is 2.10. The molecule has 0 saturated heterocycles. The van der Waals surface area contributed by atoms with Gasteiger partial charge in [-0.15, -0.1) is 0 Å². The van der Waals surface area contributed by atoms with E-state index in [1.54, 1.807) is 0 Å². The molecule has 7 heteroatoms. The molecular formula is C14H30S7. The SMILES string of the molecule is SCCSC(CCS)CCSCCC(CCS)SCCS. The van der Waals surface area contributed by atoms with Crippen molar-refractivity contribution in [2.24, 2.45) is 0 Å². The zero-order chi connectivity index (χ0) is 15.8. The fourth-order valence-corrected chi connectivity index (χ4v) is 6.91. The zero-order valence-electron chi connectivity index (χ0n) is 12.7. The second-order valence-corrected chi connectivity index (χ2v) is 10.5. The maximum Gasteiger partial charge on any atom is 0.00629 e. The number of hydrogen-bond donors (Lipinski definition) is 4. The van der Waals surface area contributed by atoms with Crippen LogP contribution in [-0.4, -0.2) is 56.5 Å². The highest BCUT2D eigenvalue weighted by molar-refractivity contribution is 8.01. The molecule has 21 heavy (non-hydrogen) atoms. The van der Waals surface area contributed by atoms with Crippen LogP contribution in [0.4, 0.5) is 0 Å². The van der Waals surface area contributed by atoms with Gasteiger partial charge in [0, 0.05) is 22.0 Å². The molecule has 0 saturated carbocycles. The Balaban J connectivity index is 3.69. The Morgan fingerprint density at radius 3 is 1.29 bits per heavy atom. The van der Waals surface area contributed by atoms with E-state index in [0.29, 0.717) is 0 Å². The first-order chi connectivity index (χ1) is 10.3. The van der Waals surface area contributed by atoms with Gasteiger partial charge in [-0.3, -0.25) is 0 Å². The summed E-state index contributed by atoms with van der Waals surface area (Å²) in [5, 5.41) is 1.54. The molecule has 0 aromatic carbocycles. The quantitative estimate of drug-likeness (QED) is 0.199. The average molecular weight is 423 g/mol. The molecule has 0 N–H and O–H groups in total. The molecule has 0 aliphatic heterocycles. The molecule has 0 fully saturated rings. The molecule has 0 amide bonds. The number of hydrogen-bond acceptors (Lipinski definition) is 7. The number of thiol groups is 4. The Labute approximate surface area is 166 Å². The first kappa shape index (κ1) is 23.4. The van der Waals surface area contributed by atoms with Crippen LogP contribution in [0.15, 0.2) is 0 Å². The van der Waals surface area contributed by atoms with Crippen LogP contribution in [0.5, 0.6) is 0 Å². The van der Waals surface area contributed by atoms with Crippen molar-refractivity contribution in [1.82, 2.24) is 0 Å². The Morgan fingerprint density at radius 1 is 0.524 bits per heavy atom. The highest BCUT2D eigenvalue weighted by atomic mass is 32.2. The van der Waals surface area contributed by atoms with Crippen molar-refractivity contribution in [1.29, 1.82) is 0 Å². The lowest BCUT2D eigenvalue weighted by Crippen LogP contribution is -2.09. The first-order valence-corrected chi connectivity index (χ1v) is 13.3. The number of thioether (sulfide) groups is 3. The smallest absolute Gasteiger partial charge is 0.00629 e. The van der Waals surface area contributed by atoms with Gasteiger partial charge in [-0.1, -0.05) is 0 Å². The van der Waals surface area contributed by atoms with Crippen LogP contribution in [0.2, 0.25) is 0 Å². The van der Waals surface area contributed by atoms with E-state index >= 15 is 0 Å². The summed E-state index contributed by atoms with van der Waals surface area (Å²) in [6.07, 6.45) is 5.07. The summed E-state index contributed by atoms with van der Waals surface area (Å²) in [7, 11) is 0. The molecule has 0 bridgehead atoms. The van der Waals surface area contributed by atoms with Crippen LogP contribution < -0.4 is 0 Å². The molecule has 2 atom stereocenters. The van der Waals surface area contributed by atoms with Crippen LogP contribution >= 0.6 is 85.8 Å². The molecule has 2 unspecified atom stereocenters. The minimum atomic E-state index is 0.772. The van der Waals surface area contributed by atoms with Gasteiger partial charge in [-0.25, -0.2) is 0 Å². The van der Waals surface area contributed by atoms with E-state index in [2.05, 4.69) is 85.8 Å². The minimum Gasteiger partial charge on any atom is -0.179 e. The summed E-state index contributed by atoms with van der Waals surface area (Å²) in [6.45, 7) is 0. The summed E-state index contributed by atoms with van der Waals surface area (Å²) in [6, 6.07) is 0. The predicted molar refractivity (Wildman–Crippen MR) is 124 cm³/mol. The summed E-state index contributed by atoms with van der Waals surface area (Å²) in [4.78, 5) is 0. The van der Waals surface area contributed by atoms with E-state index in [1.165, 1.54) is 37.2 Å². The van der Waals surface area contributed by atoms with Crippen LogP contribution in [0.3, 0.4) is 0 Å². The standard InChI is InChI=1S/C14H30S7/c15-5-1-13(20-11-7-17)3-9-19-10-4-14(2-6-16)21-12-8-18/h13-18H,1-12H2. The molecule has 128 valence electrons. The second-order valence-electron chi connectivity index (χ2n) is 4.65. The lowest BCUT2D eigenvalue weighted by atomic mass is 10.3. The summed E-state index contributed by atoms with van der Waals surface area (Å²) < 4.78 is 0. The summed E-state index contributed by atoms with van der Waals surface area (Å²) in [5.74, 6) is 8.85. The molecule has 0 aromatic rings. The van der Waals surface area contributed by atoms with Gasteiger partial charge in [0.1, 0.15) is 0 Å². The van der Waals surface area contributed by atoms with Crippen LogP contribution in [-0.2, 0) is 0 Å². The van der Waals surface area contributed by atoms with Gasteiger partial charge in [0.15, 0.2) is 0 Å². The van der Waals surface area contributed by atoms with Crippen molar-refractivity contribution in [3.8, 4) is 0 Å². The largest absolute Gasteiger partial charge is 0.179 e. The average Bonchev–Trinajstić information content (AvgIpc) is 2.49. The fraction of sp³-hybridized carbons (Fsp3) is 1.00. The van der Waals surface area contributed by atoms with Crippen molar-refractivity contribution < 1.29 is 0 Å². The molecule has 0 aromatic heterocycles. The van der Waals surface area contributed by atoms with Gasteiger partial charge in [-0.2, -0.15) is 85.8 Å². The molecule has 0 nitrogen and oxygen atoms in total. The normalized spacial score (nSPS) is 14.3. The Bertz CT molecular complexity index is 184. The van der Waals surface area contributed by atoms with E-state index in [0.717, 1.165) is 45.0 Å². The van der Waals surface area contributed by atoms with Gasteiger partial charge in [0.25, 0.3) is 0 Å². The lowest BCUT2D eigenvalue weighted by Gasteiger charge is -2.16. The van der Waals surface area contributed by atoms with Gasteiger partial charge >= 0.3 is 0 Å². The summed E-state index contributed by atoms with van der Waals surface area (Å²) >= 11 is 23.6. The Morgan fingerprint density at radius 2 is 0.952 bits per heavy atom. The van der Waals surface area contributed by atoms with Crippen molar-refractivity contribution in [3.63, 3.8) is 0 Å². The van der Waals surface area contributed by atoms with Crippen molar-refractivity contribution in [2.75, 3.05) is 46.0 Å². The van der Waals surface area contributed by atoms with E-state index in [-0.39, 0.29) is 0 Å². The molecule has 0 rings (SSSR count). The maximum atomic E-state index is 4.37. The van der Waals surface area contributed by atoms with Crippen LogP contribution in [0, 0.1) is 0 Å². The van der Waals surface area contributed by atoms with E-state index < -0.39 is 0 Å². The fourth-order valence-electron chi connectivity index (χ4n) is 1.88. The Hall–Kier alpha value is 2.45. The van der Waals surface area contributed by atoms with Crippen molar-refractivity contribution >= 4 is 85.8 Å². The van der Waals surface area contributed by atoms with Crippen molar-refractivity contribution in [3.05, 3.63) is 0 Å². The maximum absolute atomic E-state index is 4.37. The van der Waals surface area contributed by atoms with Crippen molar-refractivity contribution in [2.45, 2.75) is 36.2 Å². The molecule has 0 aliphatic rings. The first-order valence-electron chi connectivity index (χ1n) is 7.52. The number of rotatable bonds is 16. The van der Waals surface area contributed by atoms with Gasteiger partial charge < -0.3 is 0 Å².